The summed E-state index contributed by atoms with van der Waals surface area (Å²) in [5, 5.41) is -0.0952. The highest BCUT2D eigenvalue weighted by Gasteiger charge is 2.49. The summed E-state index contributed by atoms with van der Waals surface area (Å²) < 4.78 is 22.6. The molecule has 186 valence electrons. The minimum absolute atomic E-state index is 0.0952. The van der Waals surface area contributed by atoms with Gasteiger partial charge >= 0.3 is 18.0 Å². The lowest BCUT2D eigenvalue weighted by Crippen LogP contribution is -2.51. The van der Waals surface area contributed by atoms with E-state index in [9.17, 15) is 14.4 Å². The maximum absolute atomic E-state index is 13.3. The molecule has 2 aliphatic heterocycles. The zero-order valence-corrected chi connectivity index (χ0v) is 22.6. The molecule has 9 heteroatoms. The van der Waals surface area contributed by atoms with E-state index in [0.29, 0.717) is 12.2 Å². The Labute approximate surface area is 198 Å². The van der Waals surface area contributed by atoms with E-state index in [-0.39, 0.29) is 23.3 Å². The van der Waals surface area contributed by atoms with Gasteiger partial charge in [-0.25, -0.2) is 14.4 Å². The van der Waals surface area contributed by atoms with Gasteiger partial charge < -0.3 is 18.6 Å². The first-order valence-electron chi connectivity index (χ1n) is 11.5. The van der Waals surface area contributed by atoms with E-state index < -0.39 is 44.1 Å². The fourth-order valence-corrected chi connectivity index (χ4v) is 4.49. The summed E-state index contributed by atoms with van der Waals surface area (Å²) in [6, 6.07) is -0.982. The van der Waals surface area contributed by atoms with Crippen LogP contribution in [0.3, 0.4) is 0 Å². The Kier molecular flexibility index (Phi) is 7.78. The quantitative estimate of drug-likeness (QED) is 0.235. The predicted molar refractivity (Wildman–Crippen MR) is 127 cm³/mol. The van der Waals surface area contributed by atoms with Crippen LogP contribution in [0.15, 0.2) is 23.5 Å². The summed E-state index contributed by atoms with van der Waals surface area (Å²) in [5.74, 6) is -0.812. The Morgan fingerprint density at radius 2 is 1.73 bits per heavy atom. The molecule has 0 radical (unpaired) electrons. The van der Waals surface area contributed by atoms with Crippen molar-refractivity contribution in [3.63, 3.8) is 0 Å². The van der Waals surface area contributed by atoms with Gasteiger partial charge in [-0.3, -0.25) is 4.90 Å². The topological polar surface area (TPSA) is 91.4 Å². The Morgan fingerprint density at radius 3 is 2.24 bits per heavy atom. The molecule has 2 rings (SSSR count). The van der Waals surface area contributed by atoms with E-state index in [4.69, 9.17) is 18.6 Å². The molecule has 0 aromatic rings. The maximum Gasteiger partial charge on any atom is 0.411 e. The van der Waals surface area contributed by atoms with Gasteiger partial charge in [0.2, 0.25) is 8.32 Å². The smallest absolute Gasteiger partial charge is 0.411 e. The van der Waals surface area contributed by atoms with Gasteiger partial charge in [0, 0.05) is 6.42 Å². The number of hydrogen-bond donors (Lipinski definition) is 0. The minimum atomic E-state index is -2.29. The molecule has 0 fully saturated rings. The van der Waals surface area contributed by atoms with Gasteiger partial charge in [0.25, 0.3) is 0 Å². The standard InChI is InChI=1S/C24H39NO7Si/c1-11-29-20(26)15(2)30-21(27)19-17-13-12-16(25(17)22(28)31-23(3,4)5)14-18(19)32-33(9,10)24(6,7)8/h12-13,15-17H,11,14H2,1-10H3/t15-,16-,17+/m0/s1. The lowest BCUT2D eigenvalue weighted by molar-refractivity contribution is -0.164. The number of rotatable bonds is 6. The largest absolute Gasteiger partial charge is 0.546 e. The minimum Gasteiger partial charge on any atom is -0.546 e. The van der Waals surface area contributed by atoms with Crippen LogP contribution in [0.25, 0.3) is 0 Å². The van der Waals surface area contributed by atoms with Crippen molar-refractivity contribution in [2.24, 2.45) is 0 Å². The molecular weight excluding hydrogens is 442 g/mol. The van der Waals surface area contributed by atoms with Gasteiger partial charge in [0.05, 0.1) is 30.0 Å². The average Bonchev–Trinajstić information content (AvgIpc) is 2.94. The van der Waals surface area contributed by atoms with E-state index in [1.807, 2.05) is 6.08 Å². The van der Waals surface area contributed by atoms with E-state index in [2.05, 4.69) is 33.9 Å². The number of esters is 2. The van der Waals surface area contributed by atoms with Crippen LogP contribution >= 0.6 is 0 Å². The molecule has 0 aromatic heterocycles. The van der Waals surface area contributed by atoms with Gasteiger partial charge in [-0.15, -0.1) is 0 Å². The van der Waals surface area contributed by atoms with Crippen LogP contribution in [-0.4, -0.2) is 61.6 Å². The van der Waals surface area contributed by atoms with Crippen LogP contribution in [0.2, 0.25) is 18.1 Å². The second kappa shape index (κ2) is 9.52. The van der Waals surface area contributed by atoms with E-state index in [1.54, 1.807) is 33.8 Å². The maximum atomic E-state index is 13.3. The summed E-state index contributed by atoms with van der Waals surface area (Å²) in [6.07, 6.45) is 2.41. The molecule has 2 heterocycles. The van der Waals surface area contributed by atoms with Crippen LogP contribution in [0.4, 0.5) is 4.79 Å². The molecule has 0 saturated carbocycles. The van der Waals surface area contributed by atoms with Gasteiger partial charge in [0.1, 0.15) is 5.60 Å². The highest BCUT2D eigenvalue weighted by Crippen LogP contribution is 2.43. The molecule has 0 N–H and O–H groups in total. The predicted octanol–water partition coefficient (Wildman–Crippen LogP) is 4.70. The zero-order chi connectivity index (χ0) is 25.4. The van der Waals surface area contributed by atoms with Crippen molar-refractivity contribution in [3.8, 4) is 0 Å². The summed E-state index contributed by atoms with van der Waals surface area (Å²) in [6.45, 7) is 19.3. The monoisotopic (exact) mass is 481 g/mol. The number of carbonyl (C=O) groups is 3. The Bertz CT molecular complexity index is 848. The normalized spacial score (nSPS) is 21.6. The number of carbonyl (C=O) groups excluding carboxylic acids is 3. The third kappa shape index (κ3) is 6.19. The molecule has 2 bridgehead atoms. The van der Waals surface area contributed by atoms with Crippen molar-refractivity contribution in [2.45, 2.75) is 104 Å². The lowest BCUT2D eigenvalue weighted by Gasteiger charge is -2.42. The first kappa shape index (κ1) is 27.0. The first-order valence-corrected chi connectivity index (χ1v) is 14.4. The lowest BCUT2D eigenvalue weighted by atomic mass is 9.99. The van der Waals surface area contributed by atoms with Crippen LogP contribution in [0.1, 0.15) is 61.8 Å². The van der Waals surface area contributed by atoms with Crippen molar-refractivity contribution in [1.29, 1.82) is 0 Å². The van der Waals surface area contributed by atoms with Crippen LogP contribution in [0.5, 0.6) is 0 Å². The highest BCUT2D eigenvalue weighted by atomic mass is 28.4. The van der Waals surface area contributed by atoms with Crippen LogP contribution in [0, 0.1) is 0 Å². The van der Waals surface area contributed by atoms with Gasteiger partial charge in [-0.2, -0.15) is 0 Å². The van der Waals surface area contributed by atoms with E-state index >= 15 is 0 Å². The molecule has 1 amide bonds. The summed E-state index contributed by atoms with van der Waals surface area (Å²) in [5.41, 5.74) is -0.455. The number of amides is 1. The molecule has 0 spiro atoms. The molecule has 0 aliphatic carbocycles. The Hall–Kier alpha value is -2.29. The van der Waals surface area contributed by atoms with Crippen molar-refractivity contribution < 1.29 is 33.0 Å². The van der Waals surface area contributed by atoms with E-state index in [1.165, 1.54) is 11.8 Å². The molecule has 2 aliphatic rings. The number of fused-ring (bicyclic) bond motifs is 2. The van der Waals surface area contributed by atoms with E-state index in [0.717, 1.165) is 0 Å². The average molecular weight is 482 g/mol. The molecule has 0 unspecified atom stereocenters. The van der Waals surface area contributed by atoms with Crippen molar-refractivity contribution in [2.75, 3.05) is 6.61 Å². The number of ether oxygens (including phenoxy) is 3. The summed E-state index contributed by atoms with van der Waals surface area (Å²) in [4.78, 5) is 39.9. The van der Waals surface area contributed by atoms with Crippen molar-refractivity contribution >= 4 is 26.3 Å². The molecule has 8 nitrogen and oxygen atoms in total. The highest BCUT2D eigenvalue weighted by molar-refractivity contribution is 6.74. The zero-order valence-electron chi connectivity index (χ0n) is 21.6. The van der Waals surface area contributed by atoms with Crippen LogP contribution in [-0.2, 0) is 28.2 Å². The molecule has 0 aromatic carbocycles. The number of hydrogen-bond acceptors (Lipinski definition) is 7. The van der Waals surface area contributed by atoms with Gasteiger partial charge in [-0.05, 0) is 52.8 Å². The first-order chi connectivity index (χ1) is 15.0. The fourth-order valence-electron chi connectivity index (χ4n) is 3.38. The number of nitrogens with zero attached hydrogens (tertiary/aromatic N) is 1. The third-order valence-corrected chi connectivity index (χ3v) is 10.4. The second-order valence-electron chi connectivity index (χ2n) is 11.0. The second-order valence-corrected chi connectivity index (χ2v) is 15.7. The molecule has 3 atom stereocenters. The summed E-state index contributed by atoms with van der Waals surface area (Å²) in [7, 11) is -2.29. The summed E-state index contributed by atoms with van der Waals surface area (Å²) >= 11 is 0. The Balaban J connectivity index is 2.45. The SMILES string of the molecule is CCOC(=O)[C@H](C)OC(=O)C1=C(O[Si](C)(C)C(C)(C)C)C[C@@H]2C=C[C@H]1N2C(=O)OC(C)(C)C. The molecular formula is C24H39NO7Si. The fraction of sp³-hybridized carbons (Fsp3) is 0.708. The molecule has 33 heavy (non-hydrogen) atoms. The van der Waals surface area contributed by atoms with Gasteiger partial charge in [-0.1, -0.05) is 32.9 Å². The Morgan fingerprint density at radius 1 is 1.12 bits per heavy atom. The van der Waals surface area contributed by atoms with Crippen LogP contribution < -0.4 is 0 Å². The third-order valence-electron chi connectivity index (χ3n) is 6.07. The van der Waals surface area contributed by atoms with Crippen molar-refractivity contribution in [1.82, 2.24) is 4.90 Å². The molecule has 0 saturated heterocycles. The van der Waals surface area contributed by atoms with Gasteiger partial charge in [0.15, 0.2) is 6.10 Å². The van der Waals surface area contributed by atoms with Crippen molar-refractivity contribution in [3.05, 3.63) is 23.5 Å².